The molecule has 0 aliphatic heterocycles. The molecule has 16 nitrogen and oxygen atoms in total. The molecular formula is C24H37N9O7. The van der Waals surface area contributed by atoms with Gasteiger partial charge >= 0.3 is 5.97 Å². The van der Waals surface area contributed by atoms with Crippen LogP contribution in [0.15, 0.2) is 35.3 Å². The van der Waals surface area contributed by atoms with Gasteiger partial charge in [-0.1, -0.05) is 30.3 Å². The molecule has 0 spiro atoms. The van der Waals surface area contributed by atoms with Gasteiger partial charge in [0.15, 0.2) is 5.96 Å². The Hall–Kier alpha value is -4.73. The van der Waals surface area contributed by atoms with Crippen LogP contribution < -0.4 is 44.2 Å². The number of hydrogen-bond donors (Lipinski definition) is 9. The molecule has 4 atom stereocenters. The number of hydrogen-bond acceptors (Lipinski definition) is 8. The summed E-state index contributed by atoms with van der Waals surface area (Å²) in [7, 11) is 0. The number of carbonyl (C=O) groups is 6. The molecule has 0 aromatic heterocycles. The Balaban J connectivity index is 3.21. The molecule has 0 aliphatic carbocycles. The Bertz CT molecular complexity index is 1080. The van der Waals surface area contributed by atoms with Crippen molar-refractivity contribution in [1.29, 1.82) is 0 Å². The molecule has 16 heteroatoms. The van der Waals surface area contributed by atoms with Gasteiger partial charge in [-0.15, -0.1) is 0 Å². The zero-order chi connectivity index (χ0) is 30.2. The largest absolute Gasteiger partial charge is 0.480 e. The number of benzene rings is 1. The molecule has 1 aromatic carbocycles. The minimum absolute atomic E-state index is 0.0274. The van der Waals surface area contributed by atoms with E-state index in [1.165, 1.54) is 6.92 Å². The number of nitrogens with two attached hydrogens (primary N) is 4. The summed E-state index contributed by atoms with van der Waals surface area (Å²) in [6.07, 6.45) is -0.302. The van der Waals surface area contributed by atoms with Crippen molar-refractivity contribution in [3.63, 3.8) is 0 Å². The first-order valence-electron chi connectivity index (χ1n) is 12.3. The fraction of sp³-hybridized carbons (Fsp3) is 0.458. The lowest BCUT2D eigenvalue weighted by Crippen LogP contribution is -2.58. The average Bonchev–Trinajstić information content (AvgIpc) is 2.89. The molecule has 5 amide bonds. The number of primary amides is 1. The second kappa shape index (κ2) is 17.0. The molecule has 220 valence electrons. The van der Waals surface area contributed by atoms with Crippen molar-refractivity contribution in [2.75, 3.05) is 13.1 Å². The fourth-order valence-electron chi connectivity index (χ4n) is 3.42. The smallest absolute Gasteiger partial charge is 0.325 e. The maximum Gasteiger partial charge on any atom is 0.325 e. The lowest BCUT2D eigenvalue weighted by Gasteiger charge is -2.25. The summed E-state index contributed by atoms with van der Waals surface area (Å²) in [4.78, 5) is 77.6. The molecule has 0 heterocycles. The maximum absolute atomic E-state index is 13.4. The molecule has 0 unspecified atom stereocenters. The molecule has 13 N–H and O–H groups in total. The Morgan fingerprint density at radius 3 is 1.98 bits per heavy atom. The Kier molecular flexibility index (Phi) is 14.1. The van der Waals surface area contributed by atoms with Crippen molar-refractivity contribution < 1.29 is 33.9 Å². The minimum Gasteiger partial charge on any atom is -0.480 e. The standard InChI is InChI=1S/C24H37N9O7/c1-13(23(39)40)30-20(36)15(8-5-9-29-24(27)28)32-21(37)16(10-14-6-3-2-4-7-14)33-22(38)17(11-18(26)34)31-19(35)12-25/h2-4,6-7,13,15-17H,5,8-12,25H2,1H3,(H2,26,34)(H,30,36)(H,31,35)(H,32,37)(H,33,38)(H,39,40)(H4,27,28,29)/t13-,15-,16-,17-/m0/s1. The summed E-state index contributed by atoms with van der Waals surface area (Å²) in [5.74, 6) is -5.51. The second-order valence-corrected chi connectivity index (χ2v) is 8.82. The first kappa shape index (κ1) is 33.3. The zero-order valence-corrected chi connectivity index (χ0v) is 22.1. The van der Waals surface area contributed by atoms with Crippen molar-refractivity contribution in [1.82, 2.24) is 21.3 Å². The van der Waals surface area contributed by atoms with Gasteiger partial charge in [-0.25, -0.2) is 0 Å². The van der Waals surface area contributed by atoms with Crippen LogP contribution in [0.4, 0.5) is 0 Å². The quantitative estimate of drug-likeness (QED) is 0.0505. The second-order valence-electron chi connectivity index (χ2n) is 8.82. The van der Waals surface area contributed by atoms with E-state index in [4.69, 9.17) is 28.0 Å². The van der Waals surface area contributed by atoms with Crippen LogP contribution >= 0.6 is 0 Å². The van der Waals surface area contributed by atoms with E-state index in [1.54, 1.807) is 30.3 Å². The summed E-state index contributed by atoms with van der Waals surface area (Å²) in [6, 6.07) is 3.47. The van der Waals surface area contributed by atoms with E-state index in [0.717, 1.165) is 0 Å². The van der Waals surface area contributed by atoms with E-state index in [0.29, 0.717) is 5.56 Å². The molecule has 0 bridgehead atoms. The molecule has 0 aliphatic rings. The third-order valence-electron chi connectivity index (χ3n) is 5.47. The number of carboxylic acids is 1. The molecule has 1 rings (SSSR count). The van der Waals surface area contributed by atoms with Crippen LogP contribution in [0.25, 0.3) is 0 Å². The number of guanidine groups is 1. The minimum atomic E-state index is -1.41. The van der Waals surface area contributed by atoms with Gasteiger partial charge in [-0.3, -0.25) is 33.8 Å². The number of aliphatic carboxylic acids is 1. The van der Waals surface area contributed by atoms with Gasteiger partial charge in [0, 0.05) is 13.0 Å². The monoisotopic (exact) mass is 563 g/mol. The average molecular weight is 564 g/mol. The predicted molar refractivity (Wildman–Crippen MR) is 144 cm³/mol. The first-order chi connectivity index (χ1) is 18.8. The lowest BCUT2D eigenvalue weighted by atomic mass is 10.0. The van der Waals surface area contributed by atoms with Crippen LogP contribution in [0, 0.1) is 0 Å². The molecule has 0 radical (unpaired) electrons. The van der Waals surface area contributed by atoms with Crippen LogP contribution in [0.1, 0.15) is 31.7 Å². The van der Waals surface area contributed by atoms with E-state index < -0.39 is 72.6 Å². The highest BCUT2D eigenvalue weighted by atomic mass is 16.4. The summed E-state index contributed by atoms with van der Waals surface area (Å²) in [5, 5.41) is 18.8. The van der Waals surface area contributed by atoms with E-state index in [-0.39, 0.29) is 31.8 Å². The highest BCUT2D eigenvalue weighted by Gasteiger charge is 2.31. The topological polar surface area (TPSA) is 287 Å². The van der Waals surface area contributed by atoms with Crippen LogP contribution in [0.5, 0.6) is 0 Å². The number of nitrogens with zero attached hydrogens (tertiary/aromatic N) is 1. The number of amides is 5. The number of rotatable bonds is 17. The summed E-state index contributed by atoms with van der Waals surface area (Å²) < 4.78 is 0. The van der Waals surface area contributed by atoms with Crippen molar-refractivity contribution in [3.8, 4) is 0 Å². The lowest BCUT2D eigenvalue weighted by molar-refractivity contribution is -0.141. The summed E-state index contributed by atoms with van der Waals surface area (Å²) in [5.41, 5.74) is 21.8. The molecule has 0 saturated carbocycles. The predicted octanol–water partition coefficient (Wildman–Crippen LogP) is -3.84. The highest BCUT2D eigenvalue weighted by Crippen LogP contribution is 2.07. The van der Waals surface area contributed by atoms with Crippen molar-refractivity contribution in [3.05, 3.63) is 35.9 Å². The molecule has 40 heavy (non-hydrogen) atoms. The number of carbonyl (C=O) groups excluding carboxylic acids is 5. The highest BCUT2D eigenvalue weighted by molar-refractivity contribution is 5.96. The van der Waals surface area contributed by atoms with Crippen LogP contribution in [-0.4, -0.2) is 83.8 Å². The normalized spacial score (nSPS) is 13.4. The SMILES string of the molecule is C[C@H](NC(=O)[C@H](CCCN=C(N)N)NC(=O)[C@H](Cc1ccccc1)NC(=O)[C@H](CC(N)=O)NC(=O)CN)C(=O)O. The Morgan fingerprint density at radius 2 is 1.43 bits per heavy atom. The Labute approximate surface area is 230 Å². The molecule has 1 aromatic rings. The Morgan fingerprint density at radius 1 is 0.850 bits per heavy atom. The first-order valence-corrected chi connectivity index (χ1v) is 12.3. The fourth-order valence-corrected chi connectivity index (χ4v) is 3.42. The number of carboxylic acid groups (broad SMARTS) is 1. The van der Waals surface area contributed by atoms with Gasteiger partial charge in [0.1, 0.15) is 24.2 Å². The molecular weight excluding hydrogens is 526 g/mol. The van der Waals surface area contributed by atoms with E-state index >= 15 is 0 Å². The maximum atomic E-state index is 13.4. The summed E-state index contributed by atoms with van der Waals surface area (Å²) in [6.45, 7) is 0.934. The number of nitrogens with one attached hydrogen (secondary N) is 4. The van der Waals surface area contributed by atoms with Gasteiger partial charge in [-0.05, 0) is 25.3 Å². The van der Waals surface area contributed by atoms with Crippen molar-refractivity contribution >= 4 is 41.5 Å². The summed E-state index contributed by atoms with van der Waals surface area (Å²) >= 11 is 0. The van der Waals surface area contributed by atoms with Crippen LogP contribution in [0.3, 0.4) is 0 Å². The van der Waals surface area contributed by atoms with E-state index in [9.17, 15) is 28.8 Å². The van der Waals surface area contributed by atoms with Gasteiger partial charge in [-0.2, -0.15) is 0 Å². The third kappa shape index (κ3) is 12.7. The third-order valence-corrected chi connectivity index (χ3v) is 5.47. The number of aliphatic imine (C=N–C) groups is 1. The van der Waals surface area contributed by atoms with Gasteiger partial charge in [0.05, 0.1) is 13.0 Å². The van der Waals surface area contributed by atoms with E-state index in [1.807, 2.05) is 0 Å². The molecule has 0 fully saturated rings. The van der Waals surface area contributed by atoms with Crippen LogP contribution in [0.2, 0.25) is 0 Å². The van der Waals surface area contributed by atoms with Gasteiger partial charge < -0.3 is 49.3 Å². The van der Waals surface area contributed by atoms with E-state index in [2.05, 4.69) is 26.3 Å². The van der Waals surface area contributed by atoms with Crippen molar-refractivity contribution in [2.24, 2.45) is 27.9 Å². The molecule has 0 saturated heterocycles. The van der Waals surface area contributed by atoms with Crippen LogP contribution in [-0.2, 0) is 35.2 Å². The van der Waals surface area contributed by atoms with Gasteiger partial charge in [0.25, 0.3) is 0 Å². The van der Waals surface area contributed by atoms with Crippen molar-refractivity contribution in [2.45, 2.75) is 56.8 Å². The van der Waals surface area contributed by atoms with Gasteiger partial charge in [0.2, 0.25) is 29.5 Å². The zero-order valence-electron chi connectivity index (χ0n) is 22.1.